The topological polar surface area (TPSA) is 46.9 Å². The monoisotopic (exact) mass is 271 g/mol. The van der Waals surface area contributed by atoms with Crippen LogP contribution in [-0.2, 0) is 11.2 Å². The first-order valence-corrected chi connectivity index (χ1v) is 7.05. The molecule has 1 amide bonds. The molecule has 0 radical (unpaired) electrons. The van der Waals surface area contributed by atoms with Gasteiger partial charge in [-0.05, 0) is 31.4 Å². The highest BCUT2D eigenvalue weighted by atomic mass is 16.1. The first kappa shape index (κ1) is 14.3. The highest BCUT2D eigenvalue weighted by Gasteiger charge is 2.10. The van der Waals surface area contributed by atoms with Crippen LogP contribution < -0.4 is 5.32 Å². The second kappa shape index (κ2) is 7.48. The molecule has 0 saturated carbocycles. The van der Waals surface area contributed by atoms with E-state index in [0.29, 0.717) is 6.42 Å². The normalized spacial score (nSPS) is 12.1. The van der Waals surface area contributed by atoms with Crippen LogP contribution in [0.25, 0.3) is 0 Å². The van der Waals surface area contributed by atoms with Crippen molar-refractivity contribution in [1.29, 1.82) is 0 Å². The molecule has 0 bridgehead atoms. The van der Waals surface area contributed by atoms with Crippen LogP contribution in [0, 0.1) is 0 Å². The van der Waals surface area contributed by atoms with Gasteiger partial charge in [-0.2, -0.15) is 5.10 Å². The van der Waals surface area contributed by atoms with E-state index in [1.54, 1.807) is 6.20 Å². The SMILES string of the molecule is C[C@@H](CC(=O)NCCCc1ccccc1)n1cccn1. The van der Waals surface area contributed by atoms with E-state index in [1.165, 1.54) is 5.56 Å². The second-order valence-corrected chi connectivity index (χ2v) is 4.98. The zero-order chi connectivity index (χ0) is 14.2. The lowest BCUT2D eigenvalue weighted by Gasteiger charge is -2.12. The number of amides is 1. The molecule has 0 spiro atoms. The summed E-state index contributed by atoms with van der Waals surface area (Å²) in [7, 11) is 0. The fourth-order valence-corrected chi connectivity index (χ4v) is 2.14. The van der Waals surface area contributed by atoms with E-state index in [4.69, 9.17) is 0 Å². The fraction of sp³-hybridized carbons (Fsp3) is 0.375. The largest absolute Gasteiger partial charge is 0.356 e. The Bertz CT molecular complexity index is 508. The zero-order valence-corrected chi connectivity index (χ0v) is 11.8. The number of hydrogen-bond donors (Lipinski definition) is 1. The van der Waals surface area contributed by atoms with Gasteiger partial charge in [-0.3, -0.25) is 9.48 Å². The van der Waals surface area contributed by atoms with Crippen LogP contribution in [0.3, 0.4) is 0 Å². The molecule has 4 nitrogen and oxygen atoms in total. The van der Waals surface area contributed by atoms with Gasteiger partial charge in [0, 0.05) is 25.4 Å². The lowest BCUT2D eigenvalue weighted by molar-refractivity contribution is -0.121. The molecule has 106 valence electrons. The summed E-state index contributed by atoms with van der Waals surface area (Å²) in [4.78, 5) is 11.8. The van der Waals surface area contributed by atoms with Crippen molar-refractivity contribution in [2.24, 2.45) is 0 Å². The van der Waals surface area contributed by atoms with E-state index in [9.17, 15) is 4.79 Å². The summed E-state index contributed by atoms with van der Waals surface area (Å²) < 4.78 is 1.81. The first-order valence-electron chi connectivity index (χ1n) is 7.05. The van der Waals surface area contributed by atoms with Crippen molar-refractivity contribution in [3.8, 4) is 0 Å². The van der Waals surface area contributed by atoms with Gasteiger partial charge in [-0.1, -0.05) is 30.3 Å². The molecule has 20 heavy (non-hydrogen) atoms. The Morgan fingerprint density at radius 3 is 2.80 bits per heavy atom. The Morgan fingerprint density at radius 2 is 2.10 bits per heavy atom. The number of rotatable bonds is 7. The number of aryl methyl sites for hydroxylation is 1. The van der Waals surface area contributed by atoms with Gasteiger partial charge in [0.1, 0.15) is 0 Å². The molecular weight excluding hydrogens is 250 g/mol. The smallest absolute Gasteiger partial charge is 0.222 e. The summed E-state index contributed by atoms with van der Waals surface area (Å²) in [6.07, 6.45) is 6.04. The van der Waals surface area contributed by atoms with Crippen molar-refractivity contribution in [1.82, 2.24) is 15.1 Å². The average molecular weight is 271 g/mol. The zero-order valence-electron chi connectivity index (χ0n) is 11.8. The first-order chi connectivity index (χ1) is 9.75. The van der Waals surface area contributed by atoms with E-state index in [0.717, 1.165) is 19.4 Å². The highest BCUT2D eigenvalue weighted by Crippen LogP contribution is 2.08. The minimum Gasteiger partial charge on any atom is -0.356 e. The summed E-state index contributed by atoms with van der Waals surface area (Å²) in [6.45, 7) is 2.72. The van der Waals surface area contributed by atoms with Crippen LogP contribution in [0.4, 0.5) is 0 Å². The number of carbonyl (C=O) groups is 1. The van der Waals surface area contributed by atoms with Crippen LogP contribution in [0.15, 0.2) is 48.8 Å². The second-order valence-electron chi connectivity index (χ2n) is 4.98. The van der Waals surface area contributed by atoms with Crippen LogP contribution in [-0.4, -0.2) is 22.2 Å². The minimum absolute atomic E-state index is 0.0843. The third kappa shape index (κ3) is 4.53. The lowest BCUT2D eigenvalue weighted by Crippen LogP contribution is -2.27. The Balaban J connectivity index is 1.63. The molecule has 0 aliphatic heterocycles. The fourth-order valence-electron chi connectivity index (χ4n) is 2.14. The van der Waals surface area contributed by atoms with Gasteiger partial charge >= 0.3 is 0 Å². The molecule has 0 aliphatic rings. The summed E-state index contributed by atoms with van der Waals surface area (Å²) in [6, 6.07) is 12.3. The summed E-state index contributed by atoms with van der Waals surface area (Å²) >= 11 is 0. The summed E-state index contributed by atoms with van der Waals surface area (Å²) in [5, 5.41) is 7.11. The molecule has 1 heterocycles. The molecule has 1 N–H and O–H groups in total. The number of benzene rings is 1. The average Bonchev–Trinajstić information content (AvgIpc) is 2.99. The van der Waals surface area contributed by atoms with Gasteiger partial charge in [0.05, 0.1) is 6.04 Å². The number of nitrogens with one attached hydrogen (secondary N) is 1. The van der Waals surface area contributed by atoms with Crippen LogP contribution in [0.5, 0.6) is 0 Å². The van der Waals surface area contributed by atoms with E-state index in [-0.39, 0.29) is 11.9 Å². The number of carbonyl (C=O) groups excluding carboxylic acids is 1. The third-order valence-corrected chi connectivity index (χ3v) is 3.26. The Labute approximate surface area is 119 Å². The quantitative estimate of drug-likeness (QED) is 0.787. The van der Waals surface area contributed by atoms with E-state index >= 15 is 0 Å². The highest BCUT2D eigenvalue weighted by molar-refractivity contribution is 5.76. The Kier molecular flexibility index (Phi) is 5.35. The van der Waals surface area contributed by atoms with E-state index in [1.807, 2.05) is 42.1 Å². The van der Waals surface area contributed by atoms with Gasteiger partial charge in [-0.15, -0.1) is 0 Å². The molecular formula is C16H21N3O. The summed E-state index contributed by atoms with van der Waals surface area (Å²) in [5.41, 5.74) is 1.31. The molecule has 4 heteroatoms. The van der Waals surface area contributed by atoms with Crippen molar-refractivity contribution in [3.63, 3.8) is 0 Å². The molecule has 0 unspecified atom stereocenters. The number of aromatic nitrogens is 2. The van der Waals surface area contributed by atoms with Gasteiger partial charge in [0.15, 0.2) is 0 Å². The maximum absolute atomic E-state index is 11.8. The molecule has 2 aromatic rings. The number of nitrogens with zero attached hydrogens (tertiary/aromatic N) is 2. The van der Waals surface area contributed by atoms with E-state index in [2.05, 4.69) is 22.5 Å². The van der Waals surface area contributed by atoms with Gasteiger partial charge < -0.3 is 5.32 Å². The summed E-state index contributed by atoms with van der Waals surface area (Å²) in [5.74, 6) is 0.0843. The molecule has 0 saturated heterocycles. The van der Waals surface area contributed by atoms with Crippen molar-refractivity contribution in [2.45, 2.75) is 32.2 Å². The van der Waals surface area contributed by atoms with Crippen LogP contribution in [0.2, 0.25) is 0 Å². The minimum atomic E-state index is 0.0843. The van der Waals surface area contributed by atoms with Crippen LogP contribution in [0.1, 0.15) is 31.4 Å². The molecule has 2 rings (SSSR count). The molecule has 1 aromatic heterocycles. The maximum atomic E-state index is 11.8. The predicted molar refractivity (Wildman–Crippen MR) is 79.3 cm³/mol. The van der Waals surface area contributed by atoms with Gasteiger partial charge in [0.2, 0.25) is 5.91 Å². The maximum Gasteiger partial charge on any atom is 0.222 e. The molecule has 0 aliphatic carbocycles. The third-order valence-electron chi connectivity index (χ3n) is 3.26. The molecule has 0 fully saturated rings. The van der Waals surface area contributed by atoms with E-state index < -0.39 is 0 Å². The van der Waals surface area contributed by atoms with Crippen molar-refractivity contribution in [2.75, 3.05) is 6.54 Å². The van der Waals surface area contributed by atoms with Crippen molar-refractivity contribution >= 4 is 5.91 Å². The Morgan fingerprint density at radius 1 is 1.30 bits per heavy atom. The standard InChI is InChI=1S/C16H21N3O/c1-14(19-12-6-11-18-19)13-16(20)17-10-5-9-15-7-3-2-4-8-15/h2-4,6-8,11-12,14H,5,9-10,13H2,1H3,(H,17,20)/t14-/m0/s1. The van der Waals surface area contributed by atoms with Crippen molar-refractivity contribution in [3.05, 3.63) is 54.4 Å². The molecule has 1 aromatic carbocycles. The van der Waals surface area contributed by atoms with Crippen molar-refractivity contribution < 1.29 is 4.79 Å². The van der Waals surface area contributed by atoms with Crippen LogP contribution >= 0.6 is 0 Å². The Hall–Kier alpha value is -2.10. The van der Waals surface area contributed by atoms with Gasteiger partial charge in [0.25, 0.3) is 0 Å². The molecule has 1 atom stereocenters. The predicted octanol–water partition coefficient (Wildman–Crippen LogP) is 2.58. The lowest BCUT2D eigenvalue weighted by atomic mass is 10.1. The number of hydrogen-bond acceptors (Lipinski definition) is 2. The van der Waals surface area contributed by atoms with Gasteiger partial charge in [-0.25, -0.2) is 0 Å².